The summed E-state index contributed by atoms with van der Waals surface area (Å²) >= 11 is 6.26. The highest BCUT2D eigenvalue weighted by molar-refractivity contribution is 6.33. The highest BCUT2D eigenvalue weighted by atomic mass is 35.5. The summed E-state index contributed by atoms with van der Waals surface area (Å²) in [6, 6.07) is 5.83. The first kappa shape index (κ1) is 13.6. The molecular weight excluding hydrogens is 288 g/mol. The largest absolute Gasteiger partial charge is 0.354 e. The Morgan fingerprint density at radius 1 is 1.29 bits per heavy atom. The fraction of sp³-hybridized carbons (Fsp3) is 0.214. The summed E-state index contributed by atoms with van der Waals surface area (Å²) in [5.41, 5.74) is 2.58. The summed E-state index contributed by atoms with van der Waals surface area (Å²) in [6.07, 6.45) is 1.69. The van der Waals surface area contributed by atoms with E-state index < -0.39 is 0 Å². The van der Waals surface area contributed by atoms with Crippen molar-refractivity contribution in [3.8, 4) is 0 Å². The molecule has 0 fully saturated rings. The molecule has 21 heavy (non-hydrogen) atoms. The van der Waals surface area contributed by atoms with Crippen LogP contribution < -0.4 is 10.6 Å². The zero-order chi connectivity index (χ0) is 14.8. The van der Waals surface area contributed by atoms with Crippen LogP contribution in [0, 0.1) is 6.92 Å². The maximum Gasteiger partial charge on any atom is 0.226 e. The van der Waals surface area contributed by atoms with E-state index in [0.29, 0.717) is 22.4 Å². The molecule has 2 aromatic heterocycles. The van der Waals surface area contributed by atoms with Gasteiger partial charge in [0.15, 0.2) is 5.65 Å². The predicted octanol–water partition coefficient (Wildman–Crippen LogP) is 3.49. The van der Waals surface area contributed by atoms with Crippen LogP contribution in [0.1, 0.15) is 12.5 Å². The average Bonchev–Trinajstić information content (AvgIpc) is 2.91. The molecule has 0 unspecified atom stereocenters. The van der Waals surface area contributed by atoms with E-state index in [1.807, 2.05) is 32.0 Å². The lowest BCUT2D eigenvalue weighted by atomic mass is 10.2. The van der Waals surface area contributed by atoms with E-state index in [0.717, 1.165) is 23.2 Å². The quantitative estimate of drug-likeness (QED) is 0.687. The molecular formula is C14H15ClN6. The van der Waals surface area contributed by atoms with Crippen molar-refractivity contribution in [1.82, 2.24) is 20.2 Å². The van der Waals surface area contributed by atoms with Gasteiger partial charge in [0.05, 0.1) is 22.3 Å². The number of halogens is 1. The lowest BCUT2D eigenvalue weighted by Crippen LogP contribution is -2.05. The molecule has 0 amide bonds. The number of anilines is 3. The SMILES string of the molecule is CCNc1nc(Nc2ccc(C)cc2Cl)c2cn[nH]c2n1. The van der Waals surface area contributed by atoms with Gasteiger partial charge in [0.1, 0.15) is 5.82 Å². The van der Waals surface area contributed by atoms with Crippen LogP contribution in [0.25, 0.3) is 11.0 Å². The van der Waals surface area contributed by atoms with E-state index in [-0.39, 0.29) is 0 Å². The van der Waals surface area contributed by atoms with Gasteiger partial charge in [-0.2, -0.15) is 15.1 Å². The van der Waals surface area contributed by atoms with Crippen molar-refractivity contribution in [2.75, 3.05) is 17.2 Å². The minimum atomic E-state index is 0.542. The molecule has 2 heterocycles. The third-order valence-electron chi connectivity index (χ3n) is 3.02. The second kappa shape index (κ2) is 5.57. The van der Waals surface area contributed by atoms with Gasteiger partial charge in [-0.15, -0.1) is 0 Å². The number of aromatic nitrogens is 4. The number of rotatable bonds is 4. The zero-order valence-corrected chi connectivity index (χ0v) is 12.5. The standard InChI is InChI=1S/C14H15ClN6/c1-3-16-14-19-12(9-7-17-21-13(9)20-14)18-11-5-4-8(2)6-10(11)15/h4-7H,3H2,1-2H3,(H3,16,17,18,19,20,21). The third-order valence-corrected chi connectivity index (χ3v) is 3.34. The number of H-pyrrole nitrogens is 1. The Labute approximate surface area is 127 Å². The van der Waals surface area contributed by atoms with Crippen molar-refractivity contribution in [2.24, 2.45) is 0 Å². The number of benzene rings is 1. The molecule has 3 N–H and O–H groups in total. The molecule has 0 saturated carbocycles. The first-order valence-electron chi connectivity index (χ1n) is 6.65. The fourth-order valence-electron chi connectivity index (χ4n) is 2.02. The number of fused-ring (bicyclic) bond motifs is 1. The molecule has 0 bridgehead atoms. The van der Waals surface area contributed by atoms with Gasteiger partial charge < -0.3 is 10.6 Å². The van der Waals surface area contributed by atoms with Gasteiger partial charge in [-0.05, 0) is 31.5 Å². The van der Waals surface area contributed by atoms with Crippen LogP contribution in [0.4, 0.5) is 17.5 Å². The van der Waals surface area contributed by atoms with Gasteiger partial charge in [0.2, 0.25) is 5.95 Å². The Morgan fingerprint density at radius 2 is 2.14 bits per heavy atom. The van der Waals surface area contributed by atoms with Crippen molar-refractivity contribution in [3.05, 3.63) is 35.0 Å². The Kier molecular flexibility index (Phi) is 3.62. The molecule has 7 heteroatoms. The zero-order valence-electron chi connectivity index (χ0n) is 11.7. The molecule has 0 aliphatic rings. The molecule has 1 aromatic carbocycles. The van der Waals surface area contributed by atoms with Gasteiger partial charge in [-0.3, -0.25) is 5.10 Å². The number of nitrogens with one attached hydrogen (secondary N) is 3. The highest BCUT2D eigenvalue weighted by Gasteiger charge is 2.11. The molecule has 0 aliphatic carbocycles. The summed E-state index contributed by atoms with van der Waals surface area (Å²) in [4.78, 5) is 8.82. The molecule has 108 valence electrons. The topological polar surface area (TPSA) is 78.5 Å². The van der Waals surface area contributed by atoms with E-state index in [1.54, 1.807) is 6.20 Å². The molecule has 6 nitrogen and oxygen atoms in total. The maximum absolute atomic E-state index is 6.26. The molecule has 0 aliphatic heterocycles. The number of nitrogens with zero attached hydrogens (tertiary/aromatic N) is 3. The first-order chi connectivity index (χ1) is 10.2. The monoisotopic (exact) mass is 302 g/mol. The fourth-order valence-corrected chi connectivity index (χ4v) is 2.30. The summed E-state index contributed by atoms with van der Waals surface area (Å²) in [5.74, 6) is 1.20. The van der Waals surface area contributed by atoms with Crippen LogP contribution in [0.3, 0.4) is 0 Å². The minimum Gasteiger partial charge on any atom is -0.354 e. The van der Waals surface area contributed by atoms with Crippen molar-refractivity contribution in [2.45, 2.75) is 13.8 Å². The van der Waals surface area contributed by atoms with Crippen molar-refractivity contribution >= 4 is 40.1 Å². The van der Waals surface area contributed by atoms with Gasteiger partial charge in [0, 0.05) is 6.54 Å². The average molecular weight is 303 g/mol. The van der Waals surface area contributed by atoms with E-state index in [9.17, 15) is 0 Å². The molecule has 0 radical (unpaired) electrons. The Morgan fingerprint density at radius 3 is 2.90 bits per heavy atom. The van der Waals surface area contributed by atoms with Crippen LogP contribution >= 0.6 is 11.6 Å². The molecule has 3 rings (SSSR count). The van der Waals surface area contributed by atoms with E-state index in [1.165, 1.54) is 0 Å². The van der Waals surface area contributed by atoms with Crippen molar-refractivity contribution in [1.29, 1.82) is 0 Å². The molecule has 0 spiro atoms. The lowest BCUT2D eigenvalue weighted by molar-refractivity contribution is 1.07. The first-order valence-corrected chi connectivity index (χ1v) is 7.03. The second-order valence-corrected chi connectivity index (χ2v) is 5.07. The van der Waals surface area contributed by atoms with Crippen LogP contribution in [-0.4, -0.2) is 26.7 Å². The maximum atomic E-state index is 6.26. The normalized spacial score (nSPS) is 10.8. The van der Waals surface area contributed by atoms with E-state index >= 15 is 0 Å². The predicted molar refractivity (Wildman–Crippen MR) is 85.3 cm³/mol. The van der Waals surface area contributed by atoms with Crippen LogP contribution in [-0.2, 0) is 0 Å². The second-order valence-electron chi connectivity index (χ2n) is 4.67. The third kappa shape index (κ3) is 2.75. The van der Waals surface area contributed by atoms with Crippen LogP contribution in [0.15, 0.2) is 24.4 Å². The summed E-state index contributed by atoms with van der Waals surface area (Å²) in [6.45, 7) is 4.73. The smallest absolute Gasteiger partial charge is 0.226 e. The summed E-state index contributed by atoms with van der Waals surface area (Å²) in [5, 5.41) is 14.7. The lowest BCUT2D eigenvalue weighted by Gasteiger charge is -2.10. The molecule has 0 atom stereocenters. The minimum absolute atomic E-state index is 0.542. The van der Waals surface area contributed by atoms with Crippen LogP contribution in [0.5, 0.6) is 0 Å². The molecule has 0 saturated heterocycles. The number of hydrogen-bond acceptors (Lipinski definition) is 5. The van der Waals surface area contributed by atoms with Crippen molar-refractivity contribution < 1.29 is 0 Å². The van der Waals surface area contributed by atoms with Gasteiger partial charge in [-0.1, -0.05) is 17.7 Å². The van der Waals surface area contributed by atoms with Gasteiger partial charge in [0.25, 0.3) is 0 Å². The molecule has 3 aromatic rings. The number of hydrogen-bond donors (Lipinski definition) is 3. The Hall–Kier alpha value is -2.34. The Balaban J connectivity index is 2.04. The Bertz CT molecular complexity index is 782. The van der Waals surface area contributed by atoms with E-state index in [4.69, 9.17) is 11.6 Å². The van der Waals surface area contributed by atoms with E-state index in [2.05, 4.69) is 30.8 Å². The van der Waals surface area contributed by atoms with Crippen LogP contribution in [0.2, 0.25) is 5.02 Å². The highest BCUT2D eigenvalue weighted by Crippen LogP contribution is 2.29. The van der Waals surface area contributed by atoms with Crippen molar-refractivity contribution in [3.63, 3.8) is 0 Å². The number of aromatic amines is 1. The summed E-state index contributed by atoms with van der Waals surface area (Å²) in [7, 11) is 0. The summed E-state index contributed by atoms with van der Waals surface area (Å²) < 4.78 is 0. The van der Waals surface area contributed by atoms with Gasteiger partial charge >= 0.3 is 0 Å². The number of aryl methyl sites for hydroxylation is 1. The van der Waals surface area contributed by atoms with Gasteiger partial charge in [-0.25, -0.2) is 0 Å².